The van der Waals surface area contributed by atoms with Crippen LogP contribution >= 0.6 is 0 Å². The van der Waals surface area contributed by atoms with Crippen molar-refractivity contribution < 1.29 is 18.7 Å². The third-order valence-electron chi connectivity index (χ3n) is 4.11. The number of nitrogens with one attached hydrogen (secondary N) is 2. The van der Waals surface area contributed by atoms with E-state index in [1.54, 1.807) is 30.3 Å². The number of carbonyl (C=O) groups is 2. The van der Waals surface area contributed by atoms with E-state index in [0.717, 1.165) is 25.7 Å². The molecule has 0 aliphatic heterocycles. The fraction of sp³-hybridized carbons (Fsp3) is 0.400. The van der Waals surface area contributed by atoms with Crippen LogP contribution in [0, 0.1) is 5.92 Å². The zero-order valence-corrected chi connectivity index (χ0v) is 15.5. The lowest BCUT2D eigenvalue weighted by Gasteiger charge is -2.16. The van der Waals surface area contributed by atoms with Gasteiger partial charge in [0.2, 0.25) is 5.91 Å². The lowest BCUT2D eigenvalue weighted by atomic mass is 9.97. The minimum absolute atomic E-state index is 0.00202. The summed E-state index contributed by atoms with van der Waals surface area (Å²) in [4.78, 5) is 24.7. The number of rotatable bonds is 9. The van der Waals surface area contributed by atoms with Crippen LogP contribution in [-0.2, 0) is 4.79 Å². The van der Waals surface area contributed by atoms with Gasteiger partial charge in [0.25, 0.3) is 5.91 Å². The van der Waals surface area contributed by atoms with E-state index < -0.39 is 0 Å². The predicted molar refractivity (Wildman–Crippen MR) is 102 cm³/mol. The van der Waals surface area contributed by atoms with E-state index in [1.165, 1.54) is 13.4 Å². The van der Waals surface area contributed by atoms with E-state index in [9.17, 15) is 9.59 Å². The number of amides is 2. The number of anilines is 2. The molecule has 0 unspecified atom stereocenters. The molecule has 1 heterocycles. The lowest BCUT2D eigenvalue weighted by Crippen LogP contribution is -2.23. The first-order valence-corrected chi connectivity index (χ1v) is 8.92. The smallest absolute Gasteiger partial charge is 0.291 e. The maximum Gasteiger partial charge on any atom is 0.291 e. The third-order valence-corrected chi connectivity index (χ3v) is 4.11. The van der Waals surface area contributed by atoms with Crippen LogP contribution in [0.25, 0.3) is 0 Å². The van der Waals surface area contributed by atoms with E-state index in [2.05, 4.69) is 24.5 Å². The molecule has 6 nitrogen and oxygen atoms in total. The molecule has 2 rings (SSSR count). The van der Waals surface area contributed by atoms with Crippen molar-refractivity contribution in [3.05, 3.63) is 42.4 Å². The molecule has 140 valence electrons. The van der Waals surface area contributed by atoms with Gasteiger partial charge in [0, 0.05) is 11.6 Å². The Balaban J connectivity index is 2.15. The van der Waals surface area contributed by atoms with Gasteiger partial charge < -0.3 is 19.8 Å². The average molecular weight is 358 g/mol. The monoisotopic (exact) mass is 358 g/mol. The summed E-state index contributed by atoms with van der Waals surface area (Å²) in [6.07, 6.45) is 5.08. The van der Waals surface area contributed by atoms with Crippen LogP contribution in [-0.4, -0.2) is 18.9 Å². The van der Waals surface area contributed by atoms with E-state index in [1.807, 2.05) is 0 Å². The van der Waals surface area contributed by atoms with Crippen molar-refractivity contribution in [3.63, 3.8) is 0 Å². The lowest BCUT2D eigenvalue weighted by molar-refractivity contribution is -0.120. The highest BCUT2D eigenvalue weighted by molar-refractivity contribution is 6.03. The number of carbonyl (C=O) groups excluding carboxylic acids is 2. The van der Waals surface area contributed by atoms with E-state index in [0.29, 0.717) is 17.1 Å². The molecule has 0 saturated heterocycles. The van der Waals surface area contributed by atoms with Gasteiger partial charge in [-0.25, -0.2) is 0 Å². The maximum atomic E-state index is 12.5. The summed E-state index contributed by atoms with van der Waals surface area (Å²) in [5.74, 6) is 0.316. The molecule has 0 atom stereocenters. The van der Waals surface area contributed by atoms with Gasteiger partial charge in [0.05, 0.1) is 19.1 Å². The average Bonchev–Trinajstić information content (AvgIpc) is 3.16. The topological polar surface area (TPSA) is 80.6 Å². The number of ether oxygens (including phenoxy) is 1. The Hall–Kier alpha value is -2.76. The van der Waals surface area contributed by atoms with Crippen molar-refractivity contribution in [2.45, 2.75) is 39.5 Å². The highest BCUT2D eigenvalue weighted by Crippen LogP contribution is 2.29. The van der Waals surface area contributed by atoms with Crippen molar-refractivity contribution in [1.82, 2.24) is 0 Å². The molecule has 0 aliphatic carbocycles. The van der Waals surface area contributed by atoms with E-state index in [-0.39, 0.29) is 23.5 Å². The summed E-state index contributed by atoms with van der Waals surface area (Å²) in [5, 5.41) is 5.69. The van der Waals surface area contributed by atoms with Gasteiger partial charge in [-0.15, -0.1) is 0 Å². The summed E-state index contributed by atoms with van der Waals surface area (Å²) in [7, 11) is 1.52. The first kappa shape index (κ1) is 19.6. The minimum atomic E-state index is -0.383. The molecular weight excluding hydrogens is 332 g/mol. The van der Waals surface area contributed by atoms with Crippen LogP contribution in [0.4, 0.5) is 11.4 Å². The van der Waals surface area contributed by atoms with Crippen molar-refractivity contribution in [3.8, 4) is 5.75 Å². The molecule has 0 aliphatic rings. The molecule has 1 aromatic heterocycles. The van der Waals surface area contributed by atoms with E-state index in [4.69, 9.17) is 9.15 Å². The first-order valence-electron chi connectivity index (χ1n) is 8.92. The maximum absolute atomic E-state index is 12.5. The van der Waals surface area contributed by atoms with Crippen molar-refractivity contribution in [1.29, 1.82) is 0 Å². The number of hydrogen-bond acceptors (Lipinski definition) is 4. The molecule has 0 fully saturated rings. The molecule has 2 amide bonds. The Kier molecular flexibility index (Phi) is 7.26. The SMILES string of the molecule is CCCC(CCC)C(=O)Nc1ccc(OC)c(NC(=O)c2ccco2)c1. The van der Waals surface area contributed by atoms with Crippen molar-refractivity contribution in [2.24, 2.45) is 5.92 Å². The van der Waals surface area contributed by atoms with Crippen molar-refractivity contribution >= 4 is 23.2 Å². The van der Waals surface area contributed by atoms with Gasteiger partial charge in [-0.2, -0.15) is 0 Å². The Morgan fingerprint density at radius 1 is 1.12 bits per heavy atom. The molecule has 2 N–H and O–H groups in total. The van der Waals surface area contributed by atoms with Crippen LogP contribution < -0.4 is 15.4 Å². The second-order valence-electron chi connectivity index (χ2n) is 6.11. The van der Waals surface area contributed by atoms with E-state index >= 15 is 0 Å². The third kappa shape index (κ3) is 5.12. The minimum Gasteiger partial charge on any atom is -0.495 e. The van der Waals surface area contributed by atoms with Crippen LogP contribution in [0.2, 0.25) is 0 Å². The number of methoxy groups -OCH3 is 1. The van der Waals surface area contributed by atoms with Gasteiger partial charge >= 0.3 is 0 Å². The molecule has 0 radical (unpaired) electrons. The fourth-order valence-electron chi connectivity index (χ4n) is 2.82. The summed E-state index contributed by atoms with van der Waals surface area (Å²) < 4.78 is 10.4. The Bertz CT molecular complexity index is 719. The van der Waals surface area contributed by atoms with Gasteiger partial charge in [-0.05, 0) is 43.2 Å². The molecule has 0 spiro atoms. The normalized spacial score (nSPS) is 10.6. The summed E-state index contributed by atoms with van der Waals surface area (Å²) >= 11 is 0. The Morgan fingerprint density at radius 3 is 2.42 bits per heavy atom. The Morgan fingerprint density at radius 2 is 1.85 bits per heavy atom. The van der Waals surface area contributed by atoms with Crippen molar-refractivity contribution in [2.75, 3.05) is 17.7 Å². The van der Waals surface area contributed by atoms with Gasteiger partial charge in [-0.3, -0.25) is 9.59 Å². The van der Waals surface area contributed by atoms with Crippen LogP contribution in [0.3, 0.4) is 0 Å². The molecule has 6 heteroatoms. The second kappa shape index (κ2) is 9.65. The highest BCUT2D eigenvalue weighted by Gasteiger charge is 2.18. The van der Waals surface area contributed by atoms with Crippen LogP contribution in [0.5, 0.6) is 5.75 Å². The summed E-state index contributed by atoms with van der Waals surface area (Å²) in [6.45, 7) is 4.15. The van der Waals surface area contributed by atoms with Gasteiger partial charge in [0.15, 0.2) is 5.76 Å². The molecule has 26 heavy (non-hydrogen) atoms. The van der Waals surface area contributed by atoms with Gasteiger partial charge in [-0.1, -0.05) is 26.7 Å². The largest absolute Gasteiger partial charge is 0.495 e. The molecule has 2 aromatic rings. The molecular formula is C20H26N2O4. The fourth-order valence-corrected chi connectivity index (χ4v) is 2.82. The number of benzene rings is 1. The second-order valence-corrected chi connectivity index (χ2v) is 6.11. The number of hydrogen-bond donors (Lipinski definition) is 2. The van der Waals surface area contributed by atoms with Gasteiger partial charge in [0.1, 0.15) is 5.75 Å². The highest BCUT2D eigenvalue weighted by atomic mass is 16.5. The van der Waals surface area contributed by atoms with Crippen LogP contribution in [0.1, 0.15) is 50.1 Å². The zero-order valence-electron chi connectivity index (χ0n) is 15.5. The standard InChI is InChI=1S/C20H26N2O4/c1-4-7-14(8-5-2)19(23)21-15-10-11-17(25-3)16(13-15)22-20(24)18-9-6-12-26-18/h6,9-14H,4-5,7-8H2,1-3H3,(H,21,23)(H,22,24). The summed E-state index contributed by atoms with van der Waals surface area (Å²) in [5.41, 5.74) is 1.08. The molecule has 1 aromatic carbocycles. The number of furan rings is 1. The quantitative estimate of drug-likeness (QED) is 0.681. The summed E-state index contributed by atoms with van der Waals surface area (Å²) in [6, 6.07) is 8.38. The Labute approximate surface area is 153 Å². The molecule has 0 bridgehead atoms. The zero-order chi connectivity index (χ0) is 18.9. The predicted octanol–water partition coefficient (Wildman–Crippen LogP) is 4.70. The molecule has 0 saturated carbocycles. The first-order chi connectivity index (χ1) is 12.6. The van der Waals surface area contributed by atoms with Crippen LogP contribution in [0.15, 0.2) is 41.0 Å².